The summed E-state index contributed by atoms with van der Waals surface area (Å²) in [5.41, 5.74) is -0.0305. The van der Waals surface area contributed by atoms with E-state index in [4.69, 9.17) is 4.43 Å². The van der Waals surface area contributed by atoms with E-state index in [1.165, 1.54) is 25.7 Å². The Morgan fingerprint density at radius 3 is 2.43 bits per heavy atom. The van der Waals surface area contributed by atoms with Crippen LogP contribution < -0.4 is 0 Å². The number of nitrogens with zero attached hydrogens (tertiary/aromatic N) is 1. The third-order valence-corrected chi connectivity index (χ3v) is 15.4. The van der Waals surface area contributed by atoms with Crippen LogP contribution in [0.3, 0.4) is 0 Å². The fraction of sp³-hybridized carbons (Fsp3) is 0.917. The zero-order valence-electron chi connectivity index (χ0n) is 20.7. The predicted molar refractivity (Wildman–Crippen MR) is 128 cm³/mol. The zero-order chi connectivity index (χ0) is 22.6. The number of unbranched alkanes of at least 4 members (excludes halogenated alkanes) is 4. The largest absolute Gasteiger partial charge is 0.532 e. The SMILES string of the molecule is CCCCCC/C=C(\O[Si](C)(C)C(C)(C)C)N1[C@H]2C[C@@H]3CC[C@@]2(CS1(=O)=O)C3(C)C. The van der Waals surface area contributed by atoms with Gasteiger partial charge in [0, 0.05) is 5.41 Å². The fourth-order valence-electron chi connectivity index (χ4n) is 5.97. The number of hydrogen-bond acceptors (Lipinski definition) is 3. The van der Waals surface area contributed by atoms with Crippen LogP contribution in [0, 0.1) is 16.7 Å². The number of rotatable bonds is 8. The van der Waals surface area contributed by atoms with Gasteiger partial charge in [-0.1, -0.05) is 60.8 Å². The molecule has 4 nitrogen and oxygen atoms in total. The van der Waals surface area contributed by atoms with Gasteiger partial charge in [-0.05, 0) is 67.6 Å². The highest BCUT2D eigenvalue weighted by molar-refractivity contribution is 7.89. The first-order chi connectivity index (χ1) is 13.7. The Morgan fingerprint density at radius 1 is 1.20 bits per heavy atom. The fourth-order valence-corrected chi connectivity index (χ4v) is 9.60. The summed E-state index contributed by atoms with van der Waals surface area (Å²) in [6.07, 6.45) is 10.9. The normalized spacial score (nSPS) is 32.5. The molecule has 0 unspecified atom stereocenters. The molecule has 3 atom stereocenters. The van der Waals surface area contributed by atoms with Crippen LogP contribution in [-0.4, -0.2) is 32.8 Å². The number of hydrogen-bond donors (Lipinski definition) is 0. The van der Waals surface area contributed by atoms with Crippen LogP contribution in [0.4, 0.5) is 0 Å². The maximum Gasteiger partial charge on any atom is 0.252 e. The van der Waals surface area contributed by atoms with Gasteiger partial charge in [-0.2, -0.15) is 0 Å². The van der Waals surface area contributed by atoms with E-state index in [-0.39, 0.29) is 21.9 Å². The predicted octanol–water partition coefficient (Wildman–Crippen LogP) is 6.66. The van der Waals surface area contributed by atoms with Crippen LogP contribution >= 0.6 is 0 Å². The molecule has 1 spiro atoms. The van der Waals surface area contributed by atoms with E-state index in [2.05, 4.69) is 60.7 Å². The monoisotopic (exact) mass is 455 g/mol. The highest BCUT2D eigenvalue weighted by Crippen LogP contribution is 2.70. The molecule has 2 aliphatic carbocycles. The molecule has 0 aromatic heterocycles. The van der Waals surface area contributed by atoms with Gasteiger partial charge in [0.2, 0.25) is 10.0 Å². The van der Waals surface area contributed by atoms with Gasteiger partial charge >= 0.3 is 0 Å². The summed E-state index contributed by atoms with van der Waals surface area (Å²) < 4.78 is 35.7. The van der Waals surface area contributed by atoms with E-state index in [0.29, 0.717) is 17.6 Å². The van der Waals surface area contributed by atoms with E-state index >= 15 is 0 Å². The van der Waals surface area contributed by atoms with Gasteiger partial charge in [0.15, 0.2) is 5.88 Å². The van der Waals surface area contributed by atoms with Crippen LogP contribution in [0.25, 0.3) is 0 Å². The van der Waals surface area contributed by atoms with Crippen LogP contribution in [0.15, 0.2) is 12.0 Å². The lowest BCUT2D eigenvalue weighted by molar-refractivity contribution is 0.107. The van der Waals surface area contributed by atoms with Crippen molar-refractivity contribution in [3.63, 3.8) is 0 Å². The summed E-state index contributed by atoms with van der Waals surface area (Å²) in [6, 6.07) is 0.0721. The Kier molecular flexibility index (Phi) is 6.30. The molecule has 6 heteroatoms. The van der Waals surface area contributed by atoms with E-state index < -0.39 is 18.3 Å². The summed E-state index contributed by atoms with van der Waals surface area (Å²) >= 11 is 0. The van der Waals surface area contributed by atoms with Crippen molar-refractivity contribution in [3.8, 4) is 0 Å². The van der Waals surface area contributed by atoms with Crippen molar-refractivity contribution in [2.45, 2.75) is 117 Å². The molecule has 3 aliphatic rings. The summed E-state index contributed by atoms with van der Waals surface area (Å²) in [5, 5.41) is 0.0312. The lowest BCUT2D eigenvalue weighted by atomic mass is 9.69. The molecule has 30 heavy (non-hydrogen) atoms. The van der Waals surface area contributed by atoms with Gasteiger partial charge in [-0.15, -0.1) is 0 Å². The van der Waals surface area contributed by atoms with Crippen molar-refractivity contribution < 1.29 is 12.8 Å². The Labute approximate surface area is 187 Å². The highest BCUT2D eigenvalue weighted by atomic mass is 32.2. The highest BCUT2D eigenvalue weighted by Gasteiger charge is 2.72. The summed E-state index contributed by atoms with van der Waals surface area (Å²) in [7, 11) is -5.51. The summed E-state index contributed by atoms with van der Waals surface area (Å²) in [6.45, 7) is 18.0. The molecule has 0 aromatic carbocycles. The minimum atomic E-state index is -3.36. The van der Waals surface area contributed by atoms with Crippen molar-refractivity contribution in [1.82, 2.24) is 4.31 Å². The first-order valence-corrected chi connectivity index (χ1v) is 16.6. The maximum atomic E-state index is 13.6. The standard InChI is InChI=1S/C24H45NO3SSi/c1-9-10-11-12-13-14-21(28-30(7,8)22(2,3)4)25-20-17-19-15-16-24(20,23(19,5)6)18-29(25,26)27/h14,19-20H,9-13,15-18H2,1-8H3/b21-14-/t19-,20-,24-/m0/s1. The Hall–Kier alpha value is -0.493. The lowest BCUT2D eigenvalue weighted by Gasteiger charge is -2.41. The summed E-state index contributed by atoms with van der Waals surface area (Å²) in [5.74, 6) is 1.57. The smallest absolute Gasteiger partial charge is 0.252 e. The van der Waals surface area contributed by atoms with Gasteiger partial charge in [-0.3, -0.25) is 0 Å². The van der Waals surface area contributed by atoms with Crippen molar-refractivity contribution in [2.24, 2.45) is 16.7 Å². The molecule has 3 fully saturated rings. The average molecular weight is 456 g/mol. The molecule has 0 aromatic rings. The molecule has 0 N–H and O–H groups in total. The molecule has 0 radical (unpaired) electrons. The van der Waals surface area contributed by atoms with Crippen molar-refractivity contribution >= 4 is 18.3 Å². The first kappa shape index (κ1) is 24.2. The molecule has 3 rings (SSSR count). The Balaban J connectivity index is 1.95. The van der Waals surface area contributed by atoms with Crippen molar-refractivity contribution in [3.05, 3.63) is 12.0 Å². The first-order valence-electron chi connectivity index (χ1n) is 12.1. The quantitative estimate of drug-likeness (QED) is 0.233. The molecule has 174 valence electrons. The van der Waals surface area contributed by atoms with Crippen LogP contribution in [0.2, 0.25) is 18.1 Å². The van der Waals surface area contributed by atoms with E-state index in [1.807, 2.05) is 0 Å². The Morgan fingerprint density at radius 2 is 1.87 bits per heavy atom. The Bertz CT molecular complexity index is 781. The molecule has 1 heterocycles. The molecule has 2 bridgehead atoms. The molecule has 0 amide bonds. The number of allylic oxidation sites excluding steroid dienone is 1. The van der Waals surface area contributed by atoms with Crippen LogP contribution in [-0.2, 0) is 14.4 Å². The van der Waals surface area contributed by atoms with E-state index in [0.717, 1.165) is 25.7 Å². The molecular weight excluding hydrogens is 410 g/mol. The van der Waals surface area contributed by atoms with Gasteiger partial charge in [-0.25, -0.2) is 12.7 Å². The van der Waals surface area contributed by atoms with Crippen LogP contribution in [0.5, 0.6) is 0 Å². The average Bonchev–Trinajstić information content (AvgIpc) is 3.07. The van der Waals surface area contributed by atoms with Gasteiger partial charge in [0.05, 0.1) is 11.8 Å². The zero-order valence-corrected chi connectivity index (χ0v) is 22.5. The second-order valence-electron chi connectivity index (χ2n) is 12.2. The topological polar surface area (TPSA) is 46.6 Å². The number of sulfonamides is 1. The second-order valence-corrected chi connectivity index (χ2v) is 18.7. The van der Waals surface area contributed by atoms with Gasteiger partial charge < -0.3 is 4.43 Å². The minimum Gasteiger partial charge on any atom is -0.532 e. The van der Waals surface area contributed by atoms with Crippen molar-refractivity contribution in [1.29, 1.82) is 0 Å². The molecule has 2 saturated carbocycles. The lowest BCUT2D eigenvalue weighted by Crippen LogP contribution is -2.46. The van der Waals surface area contributed by atoms with Crippen LogP contribution in [0.1, 0.15) is 92.9 Å². The number of fused-ring (bicyclic) bond motifs is 1. The van der Waals surface area contributed by atoms with Gasteiger partial charge in [0.25, 0.3) is 8.32 Å². The maximum absolute atomic E-state index is 13.6. The second kappa shape index (κ2) is 7.82. The third-order valence-electron chi connectivity index (χ3n) is 9.17. The summed E-state index contributed by atoms with van der Waals surface area (Å²) in [4.78, 5) is 0. The minimum absolute atomic E-state index is 0.0312. The van der Waals surface area contributed by atoms with Crippen molar-refractivity contribution in [2.75, 3.05) is 5.75 Å². The molecular formula is C24H45NO3SSi. The molecule has 1 aliphatic heterocycles. The van der Waals surface area contributed by atoms with E-state index in [1.54, 1.807) is 4.31 Å². The van der Waals surface area contributed by atoms with E-state index in [9.17, 15) is 8.42 Å². The van der Waals surface area contributed by atoms with Gasteiger partial charge in [0.1, 0.15) is 0 Å². The third kappa shape index (κ3) is 3.78. The molecule has 1 saturated heterocycles.